The minimum absolute atomic E-state index is 0.000861. The monoisotopic (exact) mass is 486 g/mol. The van der Waals surface area contributed by atoms with Crippen molar-refractivity contribution in [3.05, 3.63) is 0 Å². The highest BCUT2D eigenvalue weighted by molar-refractivity contribution is 5.94. The molecule has 0 fully saturated rings. The normalized spacial score (nSPS) is 14.3. The predicted octanol–water partition coefficient (Wildman–Crippen LogP) is -2.76. The van der Waals surface area contributed by atoms with Gasteiger partial charge in [0.1, 0.15) is 18.1 Å². The summed E-state index contributed by atoms with van der Waals surface area (Å²) in [5, 5.41) is 16.3. The molecule has 14 heteroatoms. The zero-order valence-electron chi connectivity index (χ0n) is 19.9. The Morgan fingerprint density at radius 3 is 1.91 bits per heavy atom. The molecular weight excluding hydrogens is 448 g/mol. The summed E-state index contributed by atoms with van der Waals surface area (Å²) in [6.45, 7) is 5.23. The first kappa shape index (κ1) is 30.6. The lowest BCUT2D eigenvalue weighted by atomic mass is 10.0. The molecule has 0 saturated heterocycles. The highest BCUT2D eigenvalue weighted by Gasteiger charge is 2.30. The van der Waals surface area contributed by atoms with Gasteiger partial charge < -0.3 is 44.0 Å². The van der Waals surface area contributed by atoms with Gasteiger partial charge in [-0.25, -0.2) is 0 Å². The van der Waals surface area contributed by atoms with Gasteiger partial charge in [0.15, 0.2) is 5.96 Å². The van der Waals surface area contributed by atoms with E-state index in [4.69, 9.17) is 28.0 Å². The number of carboxylic acids is 1. The second-order valence-corrected chi connectivity index (χ2v) is 8.38. The molecule has 0 rings (SSSR count). The zero-order valence-corrected chi connectivity index (χ0v) is 19.9. The fourth-order valence-electron chi connectivity index (χ4n) is 2.84. The van der Waals surface area contributed by atoms with E-state index in [9.17, 15) is 24.0 Å². The number of carboxylic acid groups (broad SMARTS) is 1. The Labute approximate surface area is 198 Å². The Morgan fingerprint density at radius 2 is 1.41 bits per heavy atom. The van der Waals surface area contributed by atoms with Gasteiger partial charge in [-0.05, 0) is 38.5 Å². The van der Waals surface area contributed by atoms with Crippen LogP contribution < -0.4 is 38.9 Å². The molecule has 0 saturated carbocycles. The number of nitrogens with two attached hydrogens (primary N) is 4. The summed E-state index contributed by atoms with van der Waals surface area (Å²) in [6.07, 6.45) is 0.599. The van der Waals surface area contributed by atoms with Crippen molar-refractivity contribution in [2.24, 2.45) is 33.8 Å². The number of amides is 4. The molecule has 0 aromatic carbocycles. The van der Waals surface area contributed by atoms with Crippen LogP contribution in [0.2, 0.25) is 0 Å². The summed E-state index contributed by atoms with van der Waals surface area (Å²) in [7, 11) is 0. The third-order valence-corrected chi connectivity index (χ3v) is 4.69. The van der Waals surface area contributed by atoms with Gasteiger partial charge in [0.05, 0.1) is 6.04 Å². The van der Waals surface area contributed by atoms with E-state index in [0.29, 0.717) is 13.0 Å². The van der Waals surface area contributed by atoms with Gasteiger partial charge in [0, 0.05) is 13.0 Å². The fourth-order valence-corrected chi connectivity index (χ4v) is 2.84. The number of hydrogen-bond donors (Lipinski definition) is 8. The third-order valence-electron chi connectivity index (χ3n) is 4.69. The van der Waals surface area contributed by atoms with E-state index < -0.39 is 53.8 Å². The lowest BCUT2D eigenvalue weighted by Crippen LogP contribution is -2.57. The van der Waals surface area contributed by atoms with Gasteiger partial charge in [-0.15, -0.1) is 0 Å². The molecule has 0 aromatic heterocycles. The second kappa shape index (κ2) is 15.4. The number of nitrogens with zero attached hydrogens (tertiary/aromatic N) is 1. The van der Waals surface area contributed by atoms with Crippen molar-refractivity contribution in [2.45, 2.75) is 77.0 Å². The minimum Gasteiger partial charge on any atom is -0.480 e. The summed E-state index contributed by atoms with van der Waals surface area (Å²) < 4.78 is 0. The van der Waals surface area contributed by atoms with Gasteiger partial charge in [0.25, 0.3) is 0 Å². The maximum absolute atomic E-state index is 12.9. The number of nitrogens with one attached hydrogen (secondary N) is 3. The summed E-state index contributed by atoms with van der Waals surface area (Å²) in [5.74, 6) is -4.08. The van der Waals surface area contributed by atoms with Crippen LogP contribution in [0.1, 0.15) is 52.9 Å². The first-order valence-corrected chi connectivity index (χ1v) is 11.0. The predicted molar refractivity (Wildman–Crippen MR) is 125 cm³/mol. The molecule has 4 unspecified atom stereocenters. The molecule has 0 radical (unpaired) electrons. The lowest BCUT2D eigenvalue weighted by Gasteiger charge is -2.25. The molecule has 194 valence electrons. The summed E-state index contributed by atoms with van der Waals surface area (Å²) in [4.78, 5) is 64.0. The lowest BCUT2D eigenvalue weighted by molar-refractivity contribution is -0.142. The molecule has 0 bridgehead atoms. The van der Waals surface area contributed by atoms with Crippen molar-refractivity contribution < 1.29 is 29.1 Å². The van der Waals surface area contributed by atoms with Crippen LogP contribution in [0.5, 0.6) is 0 Å². The number of carbonyl (C=O) groups is 5. The quantitative estimate of drug-likeness (QED) is 0.0637. The summed E-state index contributed by atoms with van der Waals surface area (Å²) in [6, 6.07) is -4.38. The number of aliphatic imine (C=N–C) groups is 1. The molecule has 0 aromatic rings. The Kier molecular flexibility index (Phi) is 13.9. The highest BCUT2D eigenvalue weighted by atomic mass is 16.4. The van der Waals surface area contributed by atoms with Gasteiger partial charge >= 0.3 is 5.97 Å². The number of aliphatic carboxylic acids is 1. The molecule has 12 N–H and O–H groups in total. The van der Waals surface area contributed by atoms with Gasteiger partial charge in [-0.2, -0.15) is 0 Å². The van der Waals surface area contributed by atoms with E-state index in [2.05, 4.69) is 20.9 Å². The van der Waals surface area contributed by atoms with Crippen LogP contribution in [0.4, 0.5) is 0 Å². The van der Waals surface area contributed by atoms with Crippen molar-refractivity contribution in [1.82, 2.24) is 16.0 Å². The minimum atomic E-state index is -1.27. The van der Waals surface area contributed by atoms with Crippen LogP contribution in [-0.2, 0) is 24.0 Å². The largest absolute Gasteiger partial charge is 0.480 e. The molecule has 0 aliphatic rings. The standard InChI is InChI=1S/C20H38N8O6/c1-10(2)9-14(28-16(30)12(21)5-4-8-25-20(23)24)18(32)27-13(6-7-15(22)29)17(31)26-11(3)19(33)34/h10-14H,4-9,21H2,1-3H3,(H2,22,29)(H,26,31)(H,27,32)(H,28,30)(H,33,34)(H4,23,24,25). The van der Waals surface area contributed by atoms with Crippen LogP contribution in [0.15, 0.2) is 4.99 Å². The summed E-state index contributed by atoms with van der Waals surface area (Å²) in [5.41, 5.74) is 21.5. The molecule has 4 atom stereocenters. The van der Waals surface area contributed by atoms with Crippen molar-refractivity contribution in [3.8, 4) is 0 Å². The number of guanidine groups is 1. The maximum Gasteiger partial charge on any atom is 0.325 e. The number of carbonyl (C=O) groups excluding carboxylic acids is 4. The van der Waals surface area contributed by atoms with E-state index in [1.54, 1.807) is 0 Å². The van der Waals surface area contributed by atoms with E-state index in [1.165, 1.54) is 6.92 Å². The van der Waals surface area contributed by atoms with Crippen LogP contribution in [-0.4, -0.2) is 71.4 Å². The topological polar surface area (TPSA) is 258 Å². The van der Waals surface area contributed by atoms with Gasteiger partial charge in [0.2, 0.25) is 23.6 Å². The van der Waals surface area contributed by atoms with Crippen LogP contribution in [0, 0.1) is 5.92 Å². The smallest absolute Gasteiger partial charge is 0.325 e. The first-order valence-electron chi connectivity index (χ1n) is 11.0. The molecule has 0 spiro atoms. The van der Waals surface area contributed by atoms with E-state index in [-0.39, 0.29) is 37.6 Å². The average molecular weight is 487 g/mol. The Morgan fingerprint density at radius 1 is 0.853 bits per heavy atom. The highest BCUT2D eigenvalue weighted by Crippen LogP contribution is 2.08. The van der Waals surface area contributed by atoms with Crippen molar-refractivity contribution in [2.75, 3.05) is 6.54 Å². The molecule has 14 nitrogen and oxygen atoms in total. The van der Waals surface area contributed by atoms with E-state index in [1.807, 2.05) is 13.8 Å². The first-order chi connectivity index (χ1) is 15.7. The Hall–Kier alpha value is -3.42. The molecule has 34 heavy (non-hydrogen) atoms. The zero-order chi connectivity index (χ0) is 26.4. The number of hydrogen-bond acceptors (Lipinski definition) is 7. The Balaban J connectivity index is 5.30. The number of primary amides is 1. The van der Waals surface area contributed by atoms with Crippen molar-refractivity contribution in [3.63, 3.8) is 0 Å². The van der Waals surface area contributed by atoms with Gasteiger partial charge in [-0.3, -0.25) is 29.0 Å². The second-order valence-electron chi connectivity index (χ2n) is 8.38. The molecular formula is C20H38N8O6. The Bertz CT molecular complexity index is 753. The molecule has 0 aliphatic heterocycles. The van der Waals surface area contributed by atoms with Gasteiger partial charge in [-0.1, -0.05) is 13.8 Å². The van der Waals surface area contributed by atoms with Crippen molar-refractivity contribution >= 4 is 35.6 Å². The SMILES string of the molecule is CC(C)CC(NC(=O)C(N)CCCN=C(N)N)C(=O)NC(CCC(N)=O)C(=O)NC(C)C(=O)O. The van der Waals surface area contributed by atoms with Crippen LogP contribution >= 0.6 is 0 Å². The molecule has 0 aliphatic carbocycles. The maximum atomic E-state index is 12.9. The fraction of sp³-hybridized carbons (Fsp3) is 0.700. The van der Waals surface area contributed by atoms with E-state index in [0.717, 1.165) is 0 Å². The van der Waals surface area contributed by atoms with Crippen LogP contribution in [0.3, 0.4) is 0 Å². The third kappa shape index (κ3) is 13.2. The number of rotatable bonds is 16. The van der Waals surface area contributed by atoms with Crippen molar-refractivity contribution in [1.29, 1.82) is 0 Å². The average Bonchev–Trinajstić information content (AvgIpc) is 2.72. The van der Waals surface area contributed by atoms with E-state index >= 15 is 0 Å². The summed E-state index contributed by atoms with van der Waals surface area (Å²) >= 11 is 0. The van der Waals surface area contributed by atoms with Crippen LogP contribution in [0.25, 0.3) is 0 Å². The molecule has 0 heterocycles. The molecule has 4 amide bonds.